The molecule has 7 heteroatoms. The molecule has 0 aromatic carbocycles. The number of carboxylic acid groups (broad SMARTS) is 1. The molecule has 0 radical (unpaired) electrons. The quantitative estimate of drug-likeness (QED) is 0.708. The van der Waals surface area contributed by atoms with E-state index in [-0.39, 0.29) is 12.5 Å². The van der Waals surface area contributed by atoms with Crippen LogP contribution in [0.4, 0.5) is 4.79 Å². The number of hydrogen-bond donors (Lipinski definition) is 3. The molecule has 7 nitrogen and oxygen atoms in total. The zero-order valence-electron chi connectivity index (χ0n) is 11.3. The van der Waals surface area contributed by atoms with E-state index in [4.69, 9.17) is 0 Å². The first kappa shape index (κ1) is 14.1. The fraction of sp³-hybridized carbons (Fsp3) is 0.462. The Morgan fingerprint density at radius 3 is 2.95 bits per heavy atom. The van der Waals surface area contributed by atoms with E-state index >= 15 is 0 Å². The van der Waals surface area contributed by atoms with E-state index in [1.54, 1.807) is 11.1 Å². The highest BCUT2D eigenvalue weighted by Gasteiger charge is 2.24. The number of aromatic amines is 1. The summed E-state index contributed by atoms with van der Waals surface area (Å²) in [5.41, 5.74) is 1.92. The lowest BCUT2D eigenvalue weighted by atomic mass is 10.1. The molecular weight excluding hydrogens is 260 g/mol. The van der Waals surface area contributed by atoms with Crippen molar-refractivity contribution in [2.75, 3.05) is 13.1 Å². The Bertz CT molecular complexity index is 510. The predicted octanol–water partition coefficient (Wildman–Crippen LogP) is 0.767. The fourth-order valence-corrected chi connectivity index (χ4v) is 2.01. The Balaban J connectivity index is 1.94. The molecule has 1 aromatic heterocycles. The summed E-state index contributed by atoms with van der Waals surface area (Å²) in [6.45, 7) is 3.16. The van der Waals surface area contributed by atoms with E-state index in [1.165, 1.54) is 11.9 Å². The number of imidazole rings is 1. The Hall–Kier alpha value is -2.31. The number of H-pyrrole nitrogens is 1. The van der Waals surface area contributed by atoms with Gasteiger partial charge in [-0.3, -0.25) is 0 Å². The summed E-state index contributed by atoms with van der Waals surface area (Å²) in [4.78, 5) is 31.5. The van der Waals surface area contributed by atoms with Crippen molar-refractivity contribution in [2.24, 2.45) is 0 Å². The van der Waals surface area contributed by atoms with Gasteiger partial charge in [0.25, 0.3) is 0 Å². The van der Waals surface area contributed by atoms with Crippen LogP contribution < -0.4 is 5.32 Å². The maximum absolute atomic E-state index is 12.0. The summed E-state index contributed by atoms with van der Waals surface area (Å²) < 4.78 is 0. The number of nitrogens with zero attached hydrogens (tertiary/aromatic N) is 2. The molecule has 1 aliphatic heterocycles. The van der Waals surface area contributed by atoms with E-state index < -0.39 is 12.0 Å². The molecule has 0 bridgehead atoms. The molecule has 0 aliphatic carbocycles. The molecule has 1 aromatic rings. The monoisotopic (exact) mass is 278 g/mol. The number of carboxylic acids is 1. The van der Waals surface area contributed by atoms with Gasteiger partial charge in [0, 0.05) is 31.4 Å². The molecule has 2 heterocycles. The average Bonchev–Trinajstić information content (AvgIpc) is 2.91. The highest BCUT2D eigenvalue weighted by molar-refractivity contribution is 5.83. The SMILES string of the molecule is CC1=CCN(C(=O)NC(Cc2cnc[nH]2)C(=O)O)CC1. The van der Waals surface area contributed by atoms with Crippen LogP contribution in [0, 0.1) is 0 Å². The van der Waals surface area contributed by atoms with Crippen molar-refractivity contribution in [1.29, 1.82) is 0 Å². The van der Waals surface area contributed by atoms with Gasteiger partial charge in [-0.05, 0) is 13.3 Å². The van der Waals surface area contributed by atoms with E-state index in [0.29, 0.717) is 18.8 Å². The molecule has 2 amide bonds. The summed E-state index contributed by atoms with van der Waals surface area (Å²) in [6.07, 6.45) is 6.02. The summed E-state index contributed by atoms with van der Waals surface area (Å²) in [7, 11) is 0. The number of carbonyl (C=O) groups excluding carboxylic acids is 1. The van der Waals surface area contributed by atoms with Crippen molar-refractivity contribution in [3.05, 3.63) is 29.9 Å². The van der Waals surface area contributed by atoms with Crippen LogP contribution >= 0.6 is 0 Å². The highest BCUT2D eigenvalue weighted by Crippen LogP contribution is 2.10. The van der Waals surface area contributed by atoms with E-state index in [9.17, 15) is 14.7 Å². The van der Waals surface area contributed by atoms with Gasteiger partial charge >= 0.3 is 12.0 Å². The summed E-state index contributed by atoms with van der Waals surface area (Å²) in [5, 5.41) is 11.7. The van der Waals surface area contributed by atoms with Crippen LogP contribution in [-0.2, 0) is 11.2 Å². The van der Waals surface area contributed by atoms with Crippen LogP contribution in [0.25, 0.3) is 0 Å². The lowest BCUT2D eigenvalue weighted by Crippen LogP contribution is -2.49. The average molecular weight is 278 g/mol. The van der Waals surface area contributed by atoms with Gasteiger partial charge in [-0.15, -0.1) is 0 Å². The molecule has 0 saturated carbocycles. The number of hydrogen-bond acceptors (Lipinski definition) is 3. The van der Waals surface area contributed by atoms with Crippen LogP contribution in [0.3, 0.4) is 0 Å². The fourth-order valence-electron chi connectivity index (χ4n) is 2.01. The Labute approximate surface area is 116 Å². The van der Waals surface area contributed by atoms with Crippen LogP contribution in [0.5, 0.6) is 0 Å². The first-order valence-corrected chi connectivity index (χ1v) is 6.47. The third kappa shape index (κ3) is 3.59. The van der Waals surface area contributed by atoms with Crippen molar-refractivity contribution < 1.29 is 14.7 Å². The molecule has 0 fully saturated rings. The molecule has 3 N–H and O–H groups in total. The minimum absolute atomic E-state index is 0.184. The van der Waals surface area contributed by atoms with Gasteiger partial charge in [-0.2, -0.15) is 0 Å². The molecule has 1 aliphatic rings. The lowest BCUT2D eigenvalue weighted by molar-refractivity contribution is -0.139. The minimum atomic E-state index is -1.06. The zero-order valence-corrected chi connectivity index (χ0v) is 11.3. The Kier molecular flexibility index (Phi) is 4.39. The van der Waals surface area contributed by atoms with E-state index in [0.717, 1.165) is 6.42 Å². The third-order valence-electron chi connectivity index (χ3n) is 3.30. The Morgan fingerprint density at radius 2 is 2.40 bits per heavy atom. The topological polar surface area (TPSA) is 98.3 Å². The molecule has 20 heavy (non-hydrogen) atoms. The standard InChI is InChI=1S/C13H18N4O3/c1-9-2-4-17(5-3-9)13(20)16-11(12(18)19)6-10-7-14-8-15-10/h2,7-8,11H,3-6H2,1H3,(H,14,15)(H,16,20)(H,18,19). The van der Waals surface area contributed by atoms with Crippen molar-refractivity contribution in [2.45, 2.75) is 25.8 Å². The van der Waals surface area contributed by atoms with Gasteiger partial charge in [0.15, 0.2) is 0 Å². The molecule has 0 spiro atoms. The number of aliphatic carboxylic acids is 1. The molecule has 0 saturated heterocycles. The van der Waals surface area contributed by atoms with Crippen LogP contribution in [0.1, 0.15) is 19.0 Å². The number of urea groups is 1. The van der Waals surface area contributed by atoms with Crippen molar-refractivity contribution in [3.63, 3.8) is 0 Å². The lowest BCUT2D eigenvalue weighted by Gasteiger charge is -2.27. The number of nitrogens with one attached hydrogen (secondary N) is 2. The van der Waals surface area contributed by atoms with Gasteiger partial charge in [-0.1, -0.05) is 11.6 Å². The second-order valence-electron chi connectivity index (χ2n) is 4.87. The van der Waals surface area contributed by atoms with Crippen LogP contribution in [0.15, 0.2) is 24.2 Å². The first-order valence-electron chi connectivity index (χ1n) is 6.47. The first-order chi connectivity index (χ1) is 9.56. The second kappa shape index (κ2) is 6.23. The molecule has 1 unspecified atom stereocenters. The summed E-state index contributed by atoms with van der Waals surface area (Å²) in [6, 6.07) is -1.31. The third-order valence-corrected chi connectivity index (χ3v) is 3.30. The normalized spacial score (nSPS) is 16.4. The number of aromatic nitrogens is 2. The molecular formula is C13H18N4O3. The predicted molar refractivity (Wildman–Crippen MR) is 72.2 cm³/mol. The maximum atomic E-state index is 12.0. The number of amides is 2. The summed E-state index contributed by atoms with van der Waals surface area (Å²) in [5.74, 6) is -1.06. The highest BCUT2D eigenvalue weighted by atomic mass is 16.4. The van der Waals surface area contributed by atoms with Crippen molar-refractivity contribution in [1.82, 2.24) is 20.2 Å². The van der Waals surface area contributed by atoms with Gasteiger partial charge in [-0.25, -0.2) is 14.6 Å². The minimum Gasteiger partial charge on any atom is -0.480 e. The van der Waals surface area contributed by atoms with Crippen LogP contribution in [-0.4, -0.2) is 51.1 Å². The number of rotatable bonds is 4. The van der Waals surface area contributed by atoms with Gasteiger partial charge in [0.05, 0.1) is 6.33 Å². The summed E-state index contributed by atoms with van der Waals surface area (Å²) >= 11 is 0. The van der Waals surface area contributed by atoms with Crippen molar-refractivity contribution in [3.8, 4) is 0 Å². The molecule has 108 valence electrons. The second-order valence-corrected chi connectivity index (χ2v) is 4.87. The van der Waals surface area contributed by atoms with E-state index in [1.807, 2.05) is 13.0 Å². The van der Waals surface area contributed by atoms with Gasteiger partial charge < -0.3 is 20.3 Å². The van der Waals surface area contributed by atoms with E-state index in [2.05, 4.69) is 15.3 Å². The number of carbonyl (C=O) groups is 2. The largest absolute Gasteiger partial charge is 0.480 e. The molecule has 1 atom stereocenters. The van der Waals surface area contributed by atoms with Crippen LogP contribution in [0.2, 0.25) is 0 Å². The van der Waals surface area contributed by atoms with Gasteiger partial charge in [0.1, 0.15) is 6.04 Å². The molecule has 2 rings (SSSR count). The van der Waals surface area contributed by atoms with Crippen molar-refractivity contribution >= 4 is 12.0 Å². The smallest absolute Gasteiger partial charge is 0.326 e. The zero-order chi connectivity index (χ0) is 14.5. The van der Waals surface area contributed by atoms with Gasteiger partial charge in [0.2, 0.25) is 0 Å². The maximum Gasteiger partial charge on any atom is 0.326 e. The Morgan fingerprint density at radius 1 is 1.60 bits per heavy atom.